The molecule has 0 bridgehead atoms. The largest absolute Gasteiger partial charge is 0.397 e. The van der Waals surface area contributed by atoms with Gasteiger partial charge in [-0.2, -0.15) is 8.42 Å². The van der Waals surface area contributed by atoms with Gasteiger partial charge in [0.1, 0.15) is 4.90 Å². The van der Waals surface area contributed by atoms with Crippen molar-refractivity contribution in [1.82, 2.24) is 0 Å². The van der Waals surface area contributed by atoms with Crippen LogP contribution in [-0.2, 0) is 20.0 Å². The molecule has 170 valence electrons. The number of anilines is 3. The van der Waals surface area contributed by atoms with Gasteiger partial charge in [0, 0.05) is 11.1 Å². The lowest BCUT2D eigenvalue weighted by molar-refractivity contribution is 0.0803. The molecule has 0 spiro atoms. The average Bonchev–Trinajstić information content (AvgIpc) is 2.77. The topological polar surface area (TPSA) is 161 Å². The number of hydrogen-bond acceptors (Lipinski definition) is 8. The fourth-order valence-corrected chi connectivity index (χ4v) is 5.34. The van der Waals surface area contributed by atoms with Crippen LogP contribution in [-0.4, -0.2) is 33.0 Å². The third kappa shape index (κ3) is 3.80. The van der Waals surface area contributed by atoms with E-state index in [0.29, 0.717) is 0 Å². The van der Waals surface area contributed by atoms with Crippen molar-refractivity contribution in [1.29, 1.82) is 0 Å². The first-order valence-electron chi connectivity index (χ1n) is 9.57. The second-order valence-electron chi connectivity index (χ2n) is 7.48. The fourth-order valence-electron chi connectivity index (χ4n) is 3.94. The third-order valence-electron chi connectivity index (χ3n) is 5.50. The van der Waals surface area contributed by atoms with Crippen molar-refractivity contribution >= 4 is 48.6 Å². The molecule has 4 N–H and O–H groups in total. The van der Waals surface area contributed by atoms with Gasteiger partial charge in [-0.1, -0.05) is 36.9 Å². The molecule has 2 unspecified atom stereocenters. The van der Waals surface area contributed by atoms with Gasteiger partial charge >= 0.3 is 0 Å². The molecule has 0 saturated heterocycles. The second kappa shape index (κ2) is 7.80. The van der Waals surface area contributed by atoms with Gasteiger partial charge in [-0.15, -0.1) is 0 Å². The molecule has 4 rings (SSSR count). The summed E-state index contributed by atoms with van der Waals surface area (Å²) in [4.78, 5) is 25.7. The number of nitrogens with two attached hydrogens (primary N) is 1. The number of fused-ring (bicyclic) bond motifs is 2. The molecular formula is C22H18N2O7S2. The summed E-state index contributed by atoms with van der Waals surface area (Å²) in [6, 6.07) is 6.46. The zero-order valence-electron chi connectivity index (χ0n) is 16.9. The van der Waals surface area contributed by atoms with Gasteiger partial charge in [0.05, 0.1) is 39.2 Å². The average molecular weight is 487 g/mol. The van der Waals surface area contributed by atoms with Crippen molar-refractivity contribution in [3.8, 4) is 0 Å². The highest BCUT2D eigenvalue weighted by molar-refractivity contribution is 7.94. The number of nitrogen functional groups attached to an aromatic ring is 1. The maximum Gasteiger partial charge on any atom is 0.296 e. The van der Waals surface area contributed by atoms with E-state index in [1.54, 1.807) is 18.2 Å². The summed E-state index contributed by atoms with van der Waals surface area (Å²) >= 11 is 0. The van der Waals surface area contributed by atoms with Gasteiger partial charge in [0.15, 0.2) is 21.4 Å². The SMILES string of the molecule is C=CS(=O)(=O)c1cccc(Nc2cc(S(=O)(=O)O)c(N)c3c2C(=O)C2C=CC=CC2C3=O)c1. The van der Waals surface area contributed by atoms with Crippen LogP contribution in [0, 0.1) is 11.8 Å². The quantitative estimate of drug-likeness (QED) is 0.426. The van der Waals surface area contributed by atoms with Crippen molar-refractivity contribution in [2.24, 2.45) is 11.8 Å². The molecule has 0 saturated carbocycles. The molecule has 2 aromatic rings. The Hall–Kier alpha value is -3.54. The molecule has 0 fully saturated rings. The van der Waals surface area contributed by atoms with Crippen LogP contribution in [0.3, 0.4) is 0 Å². The van der Waals surface area contributed by atoms with E-state index in [2.05, 4.69) is 11.9 Å². The van der Waals surface area contributed by atoms with Crippen LogP contribution in [0.15, 0.2) is 76.4 Å². The van der Waals surface area contributed by atoms with Gasteiger partial charge in [0.25, 0.3) is 10.1 Å². The number of hydrogen-bond donors (Lipinski definition) is 3. The number of sulfone groups is 1. The zero-order valence-corrected chi connectivity index (χ0v) is 18.6. The normalized spacial score (nSPS) is 19.7. The summed E-state index contributed by atoms with van der Waals surface area (Å²) in [6.07, 6.45) is 6.33. The second-order valence-corrected chi connectivity index (χ2v) is 10.8. The van der Waals surface area contributed by atoms with Crippen LogP contribution >= 0.6 is 0 Å². The Kier molecular flexibility index (Phi) is 5.35. The first-order chi connectivity index (χ1) is 15.5. The van der Waals surface area contributed by atoms with Crippen molar-refractivity contribution in [2.75, 3.05) is 11.1 Å². The zero-order chi connectivity index (χ0) is 24.1. The number of ketones is 2. The summed E-state index contributed by atoms with van der Waals surface area (Å²) in [7, 11) is -8.63. The number of carbonyl (C=O) groups excluding carboxylic acids is 2. The van der Waals surface area contributed by atoms with Crippen LogP contribution in [0.5, 0.6) is 0 Å². The van der Waals surface area contributed by atoms with E-state index in [4.69, 9.17) is 5.73 Å². The van der Waals surface area contributed by atoms with E-state index in [-0.39, 0.29) is 27.4 Å². The van der Waals surface area contributed by atoms with Crippen LogP contribution in [0.1, 0.15) is 20.7 Å². The Labute approximate surface area is 190 Å². The van der Waals surface area contributed by atoms with Crippen molar-refractivity contribution < 1.29 is 31.0 Å². The minimum Gasteiger partial charge on any atom is -0.397 e. The molecule has 2 aromatic carbocycles. The van der Waals surface area contributed by atoms with Gasteiger partial charge in [0.2, 0.25) is 0 Å². The van der Waals surface area contributed by atoms with Crippen molar-refractivity contribution in [3.63, 3.8) is 0 Å². The maximum absolute atomic E-state index is 13.3. The molecule has 11 heteroatoms. The minimum atomic E-state index is -4.86. The van der Waals surface area contributed by atoms with E-state index in [9.17, 15) is 31.0 Å². The number of rotatable bonds is 5. The molecule has 33 heavy (non-hydrogen) atoms. The van der Waals surface area contributed by atoms with Gasteiger partial charge in [-0.05, 0) is 24.3 Å². The van der Waals surface area contributed by atoms with Crippen LogP contribution in [0.4, 0.5) is 17.1 Å². The molecule has 2 aliphatic rings. The lowest BCUT2D eigenvalue weighted by atomic mass is 9.71. The molecule has 0 amide bonds. The summed E-state index contributed by atoms with van der Waals surface area (Å²) in [6.45, 7) is 3.27. The number of nitrogens with one attached hydrogen (secondary N) is 1. The van der Waals surface area contributed by atoms with Crippen LogP contribution < -0.4 is 11.1 Å². The summed E-state index contributed by atoms with van der Waals surface area (Å²) in [5, 5.41) is 3.59. The predicted octanol–water partition coefficient (Wildman–Crippen LogP) is 2.91. The minimum absolute atomic E-state index is 0.0929. The first kappa shape index (κ1) is 22.6. The molecule has 0 aliphatic heterocycles. The summed E-state index contributed by atoms with van der Waals surface area (Å²) in [5.41, 5.74) is 5.06. The van der Waals surface area contributed by atoms with Gasteiger partial charge in [-0.25, -0.2) is 8.42 Å². The first-order valence-corrected chi connectivity index (χ1v) is 12.6. The van der Waals surface area contributed by atoms with Crippen LogP contribution in [0.25, 0.3) is 0 Å². The Morgan fingerprint density at radius 1 is 0.970 bits per heavy atom. The number of carbonyl (C=O) groups is 2. The highest BCUT2D eigenvalue weighted by Gasteiger charge is 2.43. The standard InChI is InChI=1S/C22H18N2O7S2/c1-2-32(27,28)13-7-5-6-12(10-13)24-16-11-17(33(29,30)31)20(23)19-18(16)21(25)14-8-3-4-9-15(14)22(19)26/h2-11,14-15,24H,1,23H2,(H,29,30,31). The Morgan fingerprint density at radius 3 is 2.15 bits per heavy atom. The fraction of sp³-hybridized carbons (Fsp3) is 0.0909. The van der Waals surface area contributed by atoms with E-state index in [0.717, 1.165) is 11.5 Å². The molecule has 0 heterocycles. The molecule has 2 aliphatic carbocycles. The monoisotopic (exact) mass is 486 g/mol. The lowest BCUT2D eigenvalue weighted by Gasteiger charge is -2.31. The van der Waals surface area contributed by atoms with E-state index in [1.807, 2.05) is 0 Å². The van der Waals surface area contributed by atoms with E-state index in [1.165, 1.54) is 30.3 Å². The van der Waals surface area contributed by atoms with E-state index < -0.39 is 53.9 Å². The Balaban J connectivity index is 1.96. The Morgan fingerprint density at radius 2 is 1.58 bits per heavy atom. The lowest BCUT2D eigenvalue weighted by Crippen LogP contribution is -2.37. The summed E-state index contributed by atoms with van der Waals surface area (Å²) < 4.78 is 57.9. The molecule has 9 nitrogen and oxygen atoms in total. The van der Waals surface area contributed by atoms with E-state index >= 15 is 0 Å². The molecule has 2 atom stereocenters. The smallest absolute Gasteiger partial charge is 0.296 e. The third-order valence-corrected chi connectivity index (χ3v) is 7.75. The predicted molar refractivity (Wildman–Crippen MR) is 122 cm³/mol. The molecular weight excluding hydrogens is 468 g/mol. The number of benzene rings is 2. The number of allylic oxidation sites excluding steroid dienone is 4. The maximum atomic E-state index is 13.3. The molecule has 0 radical (unpaired) electrons. The summed E-state index contributed by atoms with van der Waals surface area (Å²) in [5.74, 6) is -2.70. The molecule has 0 aromatic heterocycles. The Bertz CT molecular complexity index is 1500. The van der Waals surface area contributed by atoms with Crippen molar-refractivity contribution in [3.05, 3.63) is 77.7 Å². The highest BCUT2D eigenvalue weighted by atomic mass is 32.2. The van der Waals surface area contributed by atoms with Gasteiger partial charge in [-0.3, -0.25) is 14.1 Å². The number of Topliss-reactive ketones (excluding diaryl/α,β-unsaturated/α-hetero) is 2. The van der Waals surface area contributed by atoms with Gasteiger partial charge < -0.3 is 11.1 Å². The van der Waals surface area contributed by atoms with Crippen LogP contribution in [0.2, 0.25) is 0 Å². The van der Waals surface area contributed by atoms with Crippen molar-refractivity contribution in [2.45, 2.75) is 9.79 Å². The highest BCUT2D eigenvalue weighted by Crippen LogP contribution is 2.43.